The lowest BCUT2D eigenvalue weighted by molar-refractivity contribution is -0.119. The van der Waals surface area contributed by atoms with Crippen LogP contribution in [0.2, 0.25) is 15.1 Å². The number of esters is 1. The molecule has 2 rings (SSSR count). The maximum atomic E-state index is 12.0. The van der Waals surface area contributed by atoms with Gasteiger partial charge in [-0.1, -0.05) is 40.9 Å². The highest BCUT2D eigenvalue weighted by molar-refractivity contribution is 7.89. The van der Waals surface area contributed by atoms with Crippen LogP contribution in [0.5, 0.6) is 0 Å². The summed E-state index contributed by atoms with van der Waals surface area (Å²) in [6.45, 7) is 1.09. The van der Waals surface area contributed by atoms with Crippen LogP contribution in [0.1, 0.15) is 15.9 Å². The molecule has 0 fully saturated rings. The van der Waals surface area contributed by atoms with Crippen molar-refractivity contribution in [3.8, 4) is 0 Å². The molecule has 0 heterocycles. The van der Waals surface area contributed by atoms with Crippen molar-refractivity contribution in [1.29, 1.82) is 0 Å². The van der Waals surface area contributed by atoms with Gasteiger partial charge in [0.05, 0.1) is 26.3 Å². The Labute approximate surface area is 170 Å². The van der Waals surface area contributed by atoms with Crippen LogP contribution in [-0.2, 0) is 19.6 Å². The lowest BCUT2D eigenvalue weighted by Crippen LogP contribution is -2.21. The quantitative estimate of drug-likeness (QED) is 0.676. The van der Waals surface area contributed by atoms with E-state index in [0.29, 0.717) is 5.56 Å². The summed E-state index contributed by atoms with van der Waals surface area (Å²) in [4.78, 5) is 23.6. The first kappa shape index (κ1) is 21.5. The summed E-state index contributed by atoms with van der Waals surface area (Å²) in [6.07, 6.45) is 0. The van der Waals surface area contributed by atoms with E-state index in [4.69, 9.17) is 44.7 Å². The first-order valence-corrected chi connectivity index (χ1v) is 9.92. The van der Waals surface area contributed by atoms with Crippen LogP contribution in [0, 0.1) is 6.92 Å². The zero-order valence-electron chi connectivity index (χ0n) is 13.8. The van der Waals surface area contributed by atoms with Gasteiger partial charge < -0.3 is 10.1 Å². The van der Waals surface area contributed by atoms with Crippen LogP contribution >= 0.6 is 34.8 Å². The largest absolute Gasteiger partial charge is 0.452 e. The van der Waals surface area contributed by atoms with Crippen LogP contribution in [0.25, 0.3) is 0 Å². The fraction of sp³-hybridized carbons (Fsp3) is 0.125. The van der Waals surface area contributed by atoms with Gasteiger partial charge in [-0.25, -0.2) is 18.4 Å². The second kappa shape index (κ2) is 8.45. The number of sulfonamides is 1. The third-order valence-corrected chi connectivity index (χ3v) is 5.55. The molecule has 0 aliphatic carbocycles. The molecule has 7 nitrogen and oxygen atoms in total. The predicted octanol–water partition coefficient (Wildman–Crippen LogP) is 3.40. The van der Waals surface area contributed by atoms with Crippen molar-refractivity contribution in [3.05, 3.63) is 56.5 Å². The maximum Gasteiger partial charge on any atom is 0.338 e. The standard InChI is InChI=1S/C16H13Cl3N2O5S/c1-8-2-4-11(18)15(14(8)19)21-13(22)7-26-16(23)9-3-5-10(17)12(6-9)27(20,24)25/h2-6H,7H2,1H3,(H,21,22)(H2,20,24,25). The van der Waals surface area contributed by atoms with E-state index in [2.05, 4.69) is 5.32 Å². The second-order valence-electron chi connectivity index (χ2n) is 5.37. The third kappa shape index (κ3) is 5.33. The molecule has 2 aromatic rings. The monoisotopic (exact) mass is 450 g/mol. The number of amides is 1. The van der Waals surface area contributed by atoms with E-state index in [1.165, 1.54) is 12.1 Å². The lowest BCUT2D eigenvalue weighted by atomic mass is 10.2. The lowest BCUT2D eigenvalue weighted by Gasteiger charge is -2.11. The first-order valence-electron chi connectivity index (χ1n) is 7.24. The number of anilines is 1. The van der Waals surface area contributed by atoms with Gasteiger partial charge in [0.2, 0.25) is 10.0 Å². The average Bonchev–Trinajstić information content (AvgIpc) is 2.59. The van der Waals surface area contributed by atoms with Gasteiger partial charge in [-0.15, -0.1) is 0 Å². The highest BCUT2D eigenvalue weighted by Gasteiger charge is 2.18. The highest BCUT2D eigenvalue weighted by Crippen LogP contribution is 2.32. The molecule has 0 bridgehead atoms. The van der Waals surface area contributed by atoms with Crippen LogP contribution in [0.15, 0.2) is 35.2 Å². The topological polar surface area (TPSA) is 116 Å². The minimum absolute atomic E-state index is 0.136. The number of primary sulfonamides is 1. The maximum absolute atomic E-state index is 12.0. The highest BCUT2D eigenvalue weighted by atomic mass is 35.5. The number of benzene rings is 2. The van der Waals surface area contributed by atoms with Crippen molar-refractivity contribution in [1.82, 2.24) is 0 Å². The molecule has 0 saturated heterocycles. The third-order valence-electron chi connectivity index (χ3n) is 3.36. The summed E-state index contributed by atoms with van der Waals surface area (Å²) < 4.78 is 27.7. The van der Waals surface area contributed by atoms with Gasteiger partial charge in [0, 0.05) is 0 Å². The Bertz CT molecular complexity index is 1020. The van der Waals surface area contributed by atoms with Gasteiger partial charge in [-0.05, 0) is 36.8 Å². The molecule has 0 aromatic heterocycles. The molecule has 144 valence electrons. The smallest absolute Gasteiger partial charge is 0.338 e. The van der Waals surface area contributed by atoms with E-state index >= 15 is 0 Å². The molecule has 0 unspecified atom stereocenters. The molecule has 2 aromatic carbocycles. The number of rotatable bonds is 5. The summed E-state index contributed by atoms with van der Waals surface area (Å²) in [5, 5.41) is 7.82. The number of carbonyl (C=O) groups is 2. The number of aryl methyl sites for hydroxylation is 1. The van der Waals surface area contributed by atoms with Crippen molar-refractivity contribution in [2.75, 3.05) is 11.9 Å². The number of nitrogens with two attached hydrogens (primary N) is 1. The van der Waals surface area contributed by atoms with Gasteiger partial charge in [-0.2, -0.15) is 0 Å². The molecule has 0 aliphatic rings. The van der Waals surface area contributed by atoms with E-state index in [-0.39, 0.29) is 26.3 Å². The predicted molar refractivity (Wildman–Crippen MR) is 103 cm³/mol. The SMILES string of the molecule is Cc1ccc(Cl)c(NC(=O)COC(=O)c2ccc(Cl)c(S(N)(=O)=O)c2)c1Cl. The summed E-state index contributed by atoms with van der Waals surface area (Å²) >= 11 is 17.8. The van der Waals surface area contributed by atoms with Crippen molar-refractivity contribution >= 4 is 62.4 Å². The van der Waals surface area contributed by atoms with Crippen molar-refractivity contribution in [2.45, 2.75) is 11.8 Å². The van der Waals surface area contributed by atoms with Crippen LogP contribution in [0.3, 0.4) is 0 Å². The second-order valence-corrected chi connectivity index (χ2v) is 8.09. The number of ether oxygens (including phenoxy) is 1. The Morgan fingerprint density at radius 3 is 2.37 bits per heavy atom. The van der Waals surface area contributed by atoms with Gasteiger partial charge >= 0.3 is 5.97 Å². The van der Waals surface area contributed by atoms with E-state index in [9.17, 15) is 18.0 Å². The van der Waals surface area contributed by atoms with Crippen molar-refractivity contribution in [3.63, 3.8) is 0 Å². The summed E-state index contributed by atoms with van der Waals surface area (Å²) in [5.41, 5.74) is 0.760. The summed E-state index contributed by atoms with van der Waals surface area (Å²) in [5.74, 6) is -1.62. The molecule has 0 saturated carbocycles. The Balaban J connectivity index is 2.08. The summed E-state index contributed by atoms with van der Waals surface area (Å²) in [7, 11) is -4.12. The number of hydrogen-bond acceptors (Lipinski definition) is 5. The molecular weight excluding hydrogens is 439 g/mol. The molecule has 0 radical (unpaired) electrons. The fourth-order valence-electron chi connectivity index (χ4n) is 2.01. The Kier molecular flexibility index (Phi) is 6.72. The van der Waals surface area contributed by atoms with Gasteiger partial charge in [0.1, 0.15) is 4.90 Å². The molecule has 0 aliphatic heterocycles. The van der Waals surface area contributed by atoms with Crippen molar-refractivity contribution < 1.29 is 22.7 Å². The van der Waals surface area contributed by atoms with E-state index < -0.39 is 33.4 Å². The number of hydrogen-bond donors (Lipinski definition) is 2. The van der Waals surface area contributed by atoms with E-state index in [1.54, 1.807) is 19.1 Å². The number of carbonyl (C=O) groups excluding carboxylic acids is 2. The first-order chi connectivity index (χ1) is 12.5. The Morgan fingerprint density at radius 1 is 1.11 bits per heavy atom. The average molecular weight is 452 g/mol. The fourth-order valence-corrected chi connectivity index (χ4v) is 3.55. The van der Waals surface area contributed by atoms with Crippen LogP contribution in [-0.4, -0.2) is 26.9 Å². The van der Waals surface area contributed by atoms with E-state index in [0.717, 1.165) is 6.07 Å². The van der Waals surface area contributed by atoms with E-state index in [1.807, 2.05) is 0 Å². The van der Waals surface area contributed by atoms with Gasteiger partial charge in [0.25, 0.3) is 5.91 Å². The zero-order valence-corrected chi connectivity index (χ0v) is 16.8. The van der Waals surface area contributed by atoms with Crippen molar-refractivity contribution in [2.24, 2.45) is 5.14 Å². The number of nitrogens with one attached hydrogen (secondary N) is 1. The van der Waals surface area contributed by atoms with Crippen LogP contribution < -0.4 is 10.5 Å². The minimum atomic E-state index is -4.12. The van der Waals surface area contributed by atoms with Gasteiger partial charge in [0.15, 0.2) is 6.61 Å². The molecular formula is C16H13Cl3N2O5S. The Hall–Kier alpha value is -1.84. The minimum Gasteiger partial charge on any atom is -0.452 e. The van der Waals surface area contributed by atoms with Gasteiger partial charge in [-0.3, -0.25) is 4.79 Å². The molecule has 0 spiro atoms. The van der Waals surface area contributed by atoms with Crippen LogP contribution in [0.4, 0.5) is 5.69 Å². The normalized spacial score (nSPS) is 11.1. The summed E-state index contributed by atoms with van der Waals surface area (Å²) in [6, 6.07) is 6.64. The zero-order chi connectivity index (χ0) is 20.4. The molecule has 0 atom stereocenters. The molecule has 1 amide bonds. The Morgan fingerprint density at radius 2 is 1.74 bits per heavy atom. The number of halogens is 3. The molecule has 3 N–H and O–H groups in total. The molecule has 27 heavy (non-hydrogen) atoms. The molecule has 11 heteroatoms.